The Balaban J connectivity index is 3.75. The Hall–Kier alpha value is -0.220. The molecule has 0 aliphatic heterocycles. The zero-order valence-corrected chi connectivity index (χ0v) is 11.2. The van der Waals surface area contributed by atoms with E-state index in [9.17, 15) is 4.79 Å². The second-order valence-electron chi connectivity index (χ2n) is 3.73. The monoisotopic (exact) mass is 232 g/mol. The quantitative estimate of drug-likeness (QED) is 0.645. The zero-order valence-electron chi connectivity index (χ0n) is 10.4. The predicted molar refractivity (Wildman–Crippen MR) is 68.4 cm³/mol. The number of rotatable bonds is 8. The van der Waals surface area contributed by atoms with Crippen LogP contribution in [0.4, 0.5) is 0 Å². The number of thioether (sulfide) groups is 1. The van der Waals surface area contributed by atoms with Crippen molar-refractivity contribution in [3.05, 3.63) is 0 Å². The Morgan fingerprint density at radius 3 is 2.73 bits per heavy atom. The summed E-state index contributed by atoms with van der Waals surface area (Å²) >= 11 is 1.76. The lowest BCUT2D eigenvalue weighted by molar-refractivity contribution is -0.128. The van der Waals surface area contributed by atoms with Gasteiger partial charge in [0.25, 0.3) is 0 Å². The van der Waals surface area contributed by atoms with Crippen LogP contribution in [0.3, 0.4) is 0 Å². The molecule has 0 saturated heterocycles. The zero-order chi connectivity index (χ0) is 11.7. The number of unbranched alkanes of at least 4 members (excludes halogenated alkanes) is 1. The van der Waals surface area contributed by atoms with E-state index in [-0.39, 0.29) is 11.2 Å². The standard InChI is InChI=1S/C11H24N2OS/c1-5-6-9-15-10(2)11(14)13(4)8-7-12-3/h10,12H,5-9H2,1-4H3. The van der Waals surface area contributed by atoms with Gasteiger partial charge >= 0.3 is 0 Å². The minimum atomic E-state index is 0.0957. The number of carbonyl (C=O) groups excluding carboxylic acids is 1. The number of hydrogen-bond donors (Lipinski definition) is 1. The summed E-state index contributed by atoms with van der Waals surface area (Å²) in [5.41, 5.74) is 0. The molecule has 15 heavy (non-hydrogen) atoms. The number of nitrogens with one attached hydrogen (secondary N) is 1. The molecule has 0 aromatic carbocycles. The van der Waals surface area contributed by atoms with Crippen LogP contribution in [0.5, 0.6) is 0 Å². The molecular weight excluding hydrogens is 208 g/mol. The van der Waals surface area contributed by atoms with Gasteiger partial charge in [0.2, 0.25) is 5.91 Å². The van der Waals surface area contributed by atoms with Crippen LogP contribution in [0.15, 0.2) is 0 Å². The molecule has 3 nitrogen and oxygen atoms in total. The molecule has 1 atom stereocenters. The van der Waals surface area contributed by atoms with Crippen LogP contribution in [-0.2, 0) is 4.79 Å². The van der Waals surface area contributed by atoms with E-state index in [1.54, 1.807) is 16.7 Å². The summed E-state index contributed by atoms with van der Waals surface area (Å²) in [4.78, 5) is 13.6. The van der Waals surface area contributed by atoms with Crippen molar-refractivity contribution in [3.63, 3.8) is 0 Å². The van der Waals surface area contributed by atoms with Gasteiger partial charge < -0.3 is 10.2 Å². The van der Waals surface area contributed by atoms with Crippen LogP contribution in [0, 0.1) is 0 Å². The number of hydrogen-bond acceptors (Lipinski definition) is 3. The number of amides is 1. The highest BCUT2D eigenvalue weighted by molar-refractivity contribution is 8.00. The third-order valence-corrected chi connectivity index (χ3v) is 3.51. The molecule has 0 saturated carbocycles. The van der Waals surface area contributed by atoms with Crippen LogP contribution in [0.2, 0.25) is 0 Å². The van der Waals surface area contributed by atoms with Crippen molar-refractivity contribution in [1.29, 1.82) is 0 Å². The average molecular weight is 232 g/mol. The number of likely N-dealkylation sites (N-methyl/N-ethyl adjacent to an activating group) is 2. The molecule has 0 aromatic heterocycles. The third-order valence-electron chi connectivity index (χ3n) is 2.29. The summed E-state index contributed by atoms with van der Waals surface area (Å²) in [5.74, 6) is 1.33. The molecule has 0 rings (SSSR count). The fraction of sp³-hybridized carbons (Fsp3) is 0.909. The van der Waals surface area contributed by atoms with Crippen molar-refractivity contribution in [2.24, 2.45) is 0 Å². The molecule has 1 amide bonds. The Bertz CT molecular complexity index is 176. The van der Waals surface area contributed by atoms with Crippen molar-refractivity contribution in [2.45, 2.75) is 31.9 Å². The normalized spacial score (nSPS) is 12.5. The molecule has 90 valence electrons. The lowest BCUT2D eigenvalue weighted by Crippen LogP contribution is -2.37. The van der Waals surface area contributed by atoms with E-state index >= 15 is 0 Å². The summed E-state index contributed by atoms with van der Waals surface area (Å²) in [6.45, 7) is 5.81. The molecular formula is C11H24N2OS. The summed E-state index contributed by atoms with van der Waals surface area (Å²) < 4.78 is 0. The highest BCUT2D eigenvalue weighted by Crippen LogP contribution is 2.14. The summed E-state index contributed by atoms with van der Waals surface area (Å²) in [5, 5.41) is 3.14. The molecule has 1 unspecified atom stereocenters. The van der Waals surface area contributed by atoms with Crippen molar-refractivity contribution in [2.75, 3.05) is 32.9 Å². The maximum Gasteiger partial charge on any atom is 0.235 e. The SMILES string of the molecule is CCCCSC(C)C(=O)N(C)CCNC. The van der Waals surface area contributed by atoms with Gasteiger partial charge in [-0.15, -0.1) is 11.8 Å². The number of nitrogens with zero attached hydrogens (tertiary/aromatic N) is 1. The molecule has 0 fully saturated rings. The first-order valence-electron chi connectivity index (χ1n) is 5.64. The second-order valence-corrected chi connectivity index (χ2v) is 5.18. The molecule has 0 aliphatic carbocycles. The fourth-order valence-corrected chi connectivity index (χ4v) is 2.31. The topological polar surface area (TPSA) is 32.3 Å². The lowest BCUT2D eigenvalue weighted by Gasteiger charge is -2.20. The van der Waals surface area contributed by atoms with Gasteiger partial charge in [0.05, 0.1) is 5.25 Å². The Kier molecular flexibility index (Phi) is 8.91. The summed E-state index contributed by atoms with van der Waals surface area (Å²) in [6, 6.07) is 0. The van der Waals surface area contributed by atoms with Gasteiger partial charge in [0, 0.05) is 20.1 Å². The van der Waals surface area contributed by atoms with Crippen molar-refractivity contribution < 1.29 is 4.79 Å². The Labute approximate surface area is 98.0 Å². The van der Waals surface area contributed by atoms with Crippen LogP contribution in [0.1, 0.15) is 26.7 Å². The molecule has 1 N–H and O–H groups in total. The Morgan fingerprint density at radius 2 is 2.20 bits per heavy atom. The lowest BCUT2D eigenvalue weighted by atomic mass is 10.4. The van der Waals surface area contributed by atoms with E-state index in [1.165, 1.54) is 12.8 Å². The van der Waals surface area contributed by atoms with E-state index in [2.05, 4.69) is 12.2 Å². The predicted octanol–water partition coefficient (Wildman–Crippen LogP) is 1.59. The smallest absolute Gasteiger partial charge is 0.235 e. The van der Waals surface area contributed by atoms with Crippen LogP contribution < -0.4 is 5.32 Å². The van der Waals surface area contributed by atoms with E-state index < -0.39 is 0 Å². The van der Waals surface area contributed by atoms with Crippen LogP contribution in [-0.4, -0.2) is 49.0 Å². The highest BCUT2D eigenvalue weighted by atomic mass is 32.2. The van der Waals surface area contributed by atoms with Gasteiger partial charge in [-0.1, -0.05) is 13.3 Å². The first-order valence-corrected chi connectivity index (χ1v) is 6.69. The maximum atomic E-state index is 11.8. The van der Waals surface area contributed by atoms with Crippen molar-refractivity contribution >= 4 is 17.7 Å². The van der Waals surface area contributed by atoms with Gasteiger partial charge in [-0.05, 0) is 26.1 Å². The Morgan fingerprint density at radius 1 is 1.53 bits per heavy atom. The summed E-state index contributed by atoms with van der Waals surface area (Å²) in [7, 11) is 3.77. The van der Waals surface area contributed by atoms with Crippen LogP contribution >= 0.6 is 11.8 Å². The van der Waals surface area contributed by atoms with Crippen molar-refractivity contribution in [3.8, 4) is 0 Å². The van der Waals surface area contributed by atoms with Gasteiger partial charge in [0.15, 0.2) is 0 Å². The molecule has 4 heteroatoms. The molecule has 0 spiro atoms. The van der Waals surface area contributed by atoms with E-state index in [0.29, 0.717) is 0 Å². The first-order chi connectivity index (χ1) is 7.13. The number of carbonyl (C=O) groups is 1. The largest absolute Gasteiger partial charge is 0.344 e. The molecule has 0 radical (unpaired) electrons. The third kappa shape index (κ3) is 6.79. The van der Waals surface area contributed by atoms with E-state index in [0.717, 1.165) is 18.8 Å². The van der Waals surface area contributed by atoms with Gasteiger partial charge in [-0.2, -0.15) is 0 Å². The fourth-order valence-electron chi connectivity index (χ4n) is 1.18. The highest BCUT2D eigenvalue weighted by Gasteiger charge is 2.16. The minimum Gasteiger partial charge on any atom is -0.344 e. The molecule has 0 heterocycles. The van der Waals surface area contributed by atoms with E-state index in [1.807, 2.05) is 21.0 Å². The minimum absolute atomic E-state index is 0.0957. The second kappa shape index (κ2) is 9.04. The summed E-state index contributed by atoms with van der Waals surface area (Å²) in [6.07, 6.45) is 2.39. The van der Waals surface area contributed by atoms with E-state index in [4.69, 9.17) is 0 Å². The van der Waals surface area contributed by atoms with Gasteiger partial charge in [-0.25, -0.2) is 0 Å². The average Bonchev–Trinajstić information content (AvgIpc) is 2.24. The molecule has 0 bridgehead atoms. The van der Waals surface area contributed by atoms with Crippen molar-refractivity contribution in [1.82, 2.24) is 10.2 Å². The first kappa shape index (κ1) is 14.8. The molecule has 0 aliphatic rings. The van der Waals surface area contributed by atoms with Gasteiger partial charge in [0.1, 0.15) is 0 Å². The molecule has 0 aromatic rings. The van der Waals surface area contributed by atoms with Gasteiger partial charge in [-0.3, -0.25) is 4.79 Å². The van der Waals surface area contributed by atoms with Crippen LogP contribution in [0.25, 0.3) is 0 Å². The maximum absolute atomic E-state index is 11.8.